The van der Waals surface area contributed by atoms with Crippen LogP contribution < -0.4 is 9.47 Å². The van der Waals surface area contributed by atoms with E-state index < -0.39 is 0 Å². The summed E-state index contributed by atoms with van der Waals surface area (Å²) in [5.74, 6) is 1.74. The van der Waals surface area contributed by atoms with Crippen LogP contribution in [0.3, 0.4) is 0 Å². The minimum atomic E-state index is 0.0793. The molecule has 0 heterocycles. The van der Waals surface area contributed by atoms with Crippen LogP contribution in [-0.2, 0) is 10.8 Å². The summed E-state index contributed by atoms with van der Waals surface area (Å²) >= 11 is 0. The fourth-order valence-electron chi connectivity index (χ4n) is 2.77. The van der Waals surface area contributed by atoms with Crippen LogP contribution >= 0.6 is 0 Å². The second-order valence-electron chi connectivity index (χ2n) is 8.33. The Kier molecular flexibility index (Phi) is 4.98. The largest absolute Gasteiger partial charge is 0.496 e. The summed E-state index contributed by atoms with van der Waals surface area (Å²) in [4.78, 5) is 0. The molecule has 0 saturated heterocycles. The molecule has 0 spiro atoms. The molecular weight excluding hydrogens is 296 g/mol. The lowest BCUT2D eigenvalue weighted by Crippen LogP contribution is -2.12. The van der Waals surface area contributed by atoms with Gasteiger partial charge >= 0.3 is 0 Å². The number of hydrogen-bond donors (Lipinski definition) is 0. The van der Waals surface area contributed by atoms with Gasteiger partial charge in [-0.3, -0.25) is 0 Å². The number of ether oxygens (including phenoxy) is 2. The van der Waals surface area contributed by atoms with Gasteiger partial charge in [0, 0.05) is 11.1 Å². The molecule has 24 heavy (non-hydrogen) atoms. The van der Waals surface area contributed by atoms with Gasteiger partial charge in [0.05, 0.1) is 14.2 Å². The first-order valence-electron chi connectivity index (χ1n) is 8.45. The molecule has 0 aromatic heterocycles. The van der Waals surface area contributed by atoms with Crippen molar-refractivity contribution in [2.24, 2.45) is 0 Å². The maximum absolute atomic E-state index is 5.64. The quantitative estimate of drug-likeness (QED) is 0.692. The third-order valence-corrected chi connectivity index (χ3v) is 4.42. The number of rotatable bonds is 3. The summed E-state index contributed by atoms with van der Waals surface area (Å²) in [5, 5.41) is 0. The van der Waals surface area contributed by atoms with Crippen LogP contribution in [0, 0.1) is 0 Å². The summed E-state index contributed by atoms with van der Waals surface area (Å²) in [5.41, 5.74) is 4.87. The smallest absolute Gasteiger partial charge is 0.126 e. The SMILES string of the molecule is COc1ccc(C(C)(C)C)cc1-c1cc(C(C)(C)C)ccc1OC. The molecule has 0 fully saturated rings. The fraction of sp³-hybridized carbons (Fsp3) is 0.455. The Bertz CT molecular complexity index is 652. The zero-order valence-corrected chi connectivity index (χ0v) is 16.3. The first kappa shape index (κ1) is 18.4. The van der Waals surface area contributed by atoms with Gasteiger partial charge in [0.15, 0.2) is 0 Å². The van der Waals surface area contributed by atoms with E-state index in [-0.39, 0.29) is 10.8 Å². The Morgan fingerprint density at radius 3 is 1.17 bits per heavy atom. The summed E-state index contributed by atoms with van der Waals surface area (Å²) in [6.07, 6.45) is 0. The van der Waals surface area contributed by atoms with Crippen LogP contribution in [0.25, 0.3) is 11.1 Å². The molecule has 2 aromatic rings. The molecule has 2 heteroatoms. The van der Waals surface area contributed by atoms with Crippen molar-refractivity contribution in [3.63, 3.8) is 0 Å². The van der Waals surface area contributed by atoms with Crippen LogP contribution in [0.5, 0.6) is 11.5 Å². The Labute approximate surface area is 146 Å². The highest BCUT2D eigenvalue weighted by Crippen LogP contribution is 2.41. The van der Waals surface area contributed by atoms with E-state index >= 15 is 0 Å². The normalized spacial score (nSPS) is 12.2. The minimum absolute atomic E-state index is 0.0793. The molecule has 0 amide bonds. The maximum atomic E-state index is 5.64. The Hall–Kier alpha value is -1.96. The number of hydrogen-bond acceptors (Lipinski definition) is 2. The van der Waals surface area contributed by atoms with Crippen molar-refractivity contribution in [3.05, 3.63) is 47.5 Å². The van der Waals surface area contributed by atoms with Crippen molar-refractivity contribution >= 4 is 0 Å². The van der Waals surface area contributed by atoms with Gasteiger partial charge < -0.3 is 9.47 Å². The van der Waals surface area contributed by atoms with Crippen molar-refractivity contribution < 1.29 is 9.47 Å². The van der Waals surface area contributed by atoms with Gasteiger partial charge in [-0.05, 0) is 46.2 Å². The van der Waals surface area contributed by atoms with Crippen LogP contribution in [-0.4, -0.2) is 14.2 Å². The molecule has 0 saturated carbocycles. The third-order valence-electron chi connectivity index (χ3n) is 4.42. The van der Waals surface area contributed by atoms with Gasteiger partial charge in [-0.25, -0.2) is 0 Å². The van der Waals surface area contributed by atoms with E-state index in [0.717, 1.165) is 22.6 Å². The molecular formula is C22H30O2. The van der Waals surface area contributed by atoms with Gasteiger partial charge in [0.25, 0.3) is 0 Å². The fourth-order valence-corrected chi connectivity index (χ4v) is 2.77. The zero-order valence-electron chi connectivity index (χ0n) is 16.3. The van der Waals surface area contributed by atoms with Crippen LogP contribution in [0.4, 0.5) is 0 Å². The van der Waals surface area contributed by atoms with Gasteiger partial charge in [0.1, 0.15) is 11.5 Å². The summed E-state index contributed by atoms with van der Waals surface area (Å²) in [7, 11) is 3.44. The van der Waals surface area contributed by atoms with E-state index in [2.05, 4.69) is 77.9 Å². The van der Waals surface area contributed by atoms with Crippen LogP contribution in [0.1, 0.15) is 52.7 Å². The van der Waals surface area contributed by atoms with Crippen molar-refractivity contribution in [1.82, 2.24) is 0 Å². The first-order valence-corrected chi connectivity index (χ1v) is 8.45. The number of benzene rings is 2. The third kappa shape index (κ3) is 3.75. The van der Waals surface area contributed by atoms with Crippen molar-refractivity contribution in [1.29, 1.82) is 0 Å². The lowest BCUT2D eigenvalue weighted by atomic mass is 9.83. The van der Waals surface area contributed by atoms with E-state index in [1.807, 2.05) is 0 Å². The van der Waals surface area contributed by atoms with Gasteiger partial charge in [-0.15, -0.1) is 0 Å². The molecule has 0 N–H and O–H groups in total. The number of methoxy groups -OCH3 is 2. The van der Waals surface area contributed by atoms with Crippen molar-refractivity contribution in [3.8, 4) is 22.6 Å². The molecule has 0 unspecified atom stereocenters. The maximum Gasteiger partial charge on any atom is 0.126 e. The lowest BCUT2D eigenvalue weighted by Gasteiger charge is -2.24. The average Bonchev–Trinajstić information content (AvgIpc) is 2.51. The monoisotopic (exact) mass is 326 g/mol. The predicted molar refractivity (Wildman–Crippen MR) is 102 cm³/mol. The van der Waals surface area contributed by atoms with Crippen molar-refractivity contribution in [2.75, 3.05) is 14.2 Å². The van der Waals surface area contributed by atoms with E-state index in [9.17, 15) is 0 Å². The highest BCUT2D eigenvalue weighted by atomic mass is 16.5. The molecule has 0 radical (unpaired) electrons. The Morgan fingerprint density at radius 1 is 0.583 bits per heavy atom. The minimum Gasteiger partial charge on any atom is -0.496 e. The molecule has 0 atom stereocenters. The lowest BCUT2D eigenvalue weighted by molar-refractivity contribution is 0.409. The summed E-state index contributed by atoms with van der Waals surface area (Å²) < 4.78 is 11.3. The first-order chi connectivity index (χ1) is 11.1. The summed E-state index contributed by atoms with van der Waals surface area (Å²) in [6, 6.07) is 12.8. The molecule has 0 aliphatic heterocycles. The molecule has 0 aliphatic carbocycles. The highest BCUT2D eigenvalue weighted by Gasteiger charge is 2.21. The second-order valence-corrected chi connectivity index (χ2v) is 8.33. The zero-order chi connectivity index (χ0) is 18.1. The van der Waals surface area contributed by atoms with Crippen molar-refractivity contribution in [2.45, 2.75) is 52.4 Å². The van der Waals surface area contributed by atoms with Gasteiger partial charge in [-0.1, -0.05) is 53.7 Å². The molecule has 2 rings (SSSR count). The molecule has 2 aromatic carbocycles. The summed E-state index contributed by atoms with van der Waals surface area (Å²) in [6.45, 7) is 13.3. The van der Waals surface area contributed by atoms with E-state index in [1.165, 1.54) is 11.1 Å². The topological polar surface area (TPSA) is 18.5 Å². The van der Waals surface area contributed by atoms with Crippen LogP contribution in [0.15, 0.2) is 36.4 Å². The van der Waals surface area contributed by atoms with E-state index in [1.54, 1.807) is 14.2 Å². The van der Waals surface area contributed by atoms with Gasteiger partial charge in [-0.2, -0.15) is 0 Å². The molecule has 130 valence electrons. The Balaban J connectivity index is 2.73. The second kappa shape index (κ2) is 6.51. The van der Waals surface area contributed by atoms with Crippen LogP contribution in [0.2, 0.25) is 0 Å². The van der Waals surface area contributed by atoms with E-state index in [4.69, 9.17) is 9.47 Å². The standard InChI is InChI=1S/C22H30O2/c1-21(2,3)15-9-11-19(23-7)17(13-15)18-14-16(22(4,5)6)10-12-20(18)24-8/h9-14H,1-8H3. The molecule has 0 aliphatic rings. The van der Waals surface area contributed by atoms with E-state index in [0.29, 0.717) is 0 Å². The highest BCUT2D eigenvalue weighted by molar-refractivity contribution is 5.77. The predicted octanol–water partition coefficient (Wildman–Crippen LogP) is 5.97. The average molecular weight is 326 g/mol. The molecule has 0 bridgehead atoms. The van der Waals surface area contributed by atoms with Gasteiger partial charge in [0.2, 0.25) is 0 Å². The molecule has 2 nitrogen and oxygen atoms in total. The Morgan fingerprint density at radius 2 is 0.917 bits per heavy atom.